The van der Waals surface area contributed by atoms with Crippen molar-refractivity contribution in [2.45, 2.75) is 44.1 Å². The first kappa shape index (κ1) is 11.0. The Bertz CT molecular complexity index is 371. The van der Waals surface area contributed by atoms with Gasteiger partial charge in [0.1, 0.15) is 6.10 Å². The highest BCUT2D eigenvalue weighted by Crippen LogP contribution is 2.33. The van der Waals surface area contributed by atoms with E-state index >= 15 is 0 Å². The van der Waals surface area contributed by atoms with Gasteiger partial charge < -0.3 is 10.1 Å². The maximum Gasteiger partial charge on any atom is 0.232 e. The molecule has 2 aliphatic rings. The topological polar surface area (TPSA) is 47.0 Å². The molecule has 1 aromatic rings. The highest BCUT2D eigenvalue weighted by Gasteiger charge is 2.20. The minimum Gasteiger partial charge on any atom is -0.472 e. The van der Waals surface area contributed by atoms with Gasteiger partial charge in [-0.3, -0.25) is 4.98 Å². The third-order valence-corrected chi connectivity index (χ3v) is 3.71. The van der Waals surface area contributed by atoms with Crippen molar-refractivity contribution in [2.24, 2.45) is 0 Å². The fraction of sp³-hybridized carbons (Fsp3) is 0.692. The lowest BCUT2D eigenvalue weighted by atomic mass is 10.1. The van der Waals surface area contributed by atoms with Crippen molar-refractivity contribution in [3.63, 3.8) is 0 Å². The molecule has 1 N–H and O–H groups in total. The Kier molecular flexibility index (Phi) is 3.22. The van der Waals surface area contributed by atoms with Crippen LogP contribution in [0.3, 0.4) is 0 Å². The van der Waals surface area contributed by atoms with E-state index in [0.29, 0.717) is 11.8 Å². The summed E-state index contributed by atoms with van der Waals surface area (Å²) in [6.45, 7) is 1.97. The Morgan fingerprint density at radius 1 is 1.18 bits per heavy atom. The van der Waals surface area contributed by atoms with Gasteiger partial charge in [-0.15, -0.1) is 0 Å². The van der Waals surface area contributed by atoms with Crippen molar-refractivity contribution >= 4 is 0 Å². The first-order chi connectivity index (χ1) is 8.42. The number of nitrogens with one attached hydrogen (secondary N) is 1. The van der Waals surface area contributed by atoms with Crippen LogP contribution >= 0.6 is 0 Å². The number of ether oxygens (including phenoxy) is 1. The fourth-order valence-electron chi connectivity index (χ4n) is 2.74. The number of nitrogens with zero attached hydrogens (tertiary/aromatic N) is 2. The van der Waals surface area contributed by atoms with Gasteiger partial charge in [-0.1, -0.05) is 12.8 Å². The van der Waals surface area contributed by atoms with Crippen LogP contribution < -0.4 is 10.1 Å². The molecule has 1 aromatic heterocycles. The average molecular weight is 233 g/mol. The molecule has 1 saturated carbocycles. The van der Waals surface area contributed by atoms with Crippen LogP contribution in [-0.4, -0.2) is 29.2 Å². The van der Waals surface area contributed by atoms with E-state index in [1.165, 1.54) is 25.7 Å². The summed E-state index contributed by atoms with van der Waals surface area (Å²) in [5.41, 5.74) is 1.12. The second-order valence-electron chi connectivity index (χ2n) is 5.00. The minimum atomic E-state index is 0.267. The van der Waals surface area contributed by atoms with Crippen LogP contribution in [0.15, 0.2) is 12.4 Å². The molecule has 1 saturated heterocycles. The third-order valence-electron chi connectivity index (χ3n) is 3.71. The molecule has 2 heterocycles. The Balaban J connectivity index is 1.69. The highest BCUT2D eigenvalue weighted by molar-refractivity contribution is 5.13. The van der Waals surface area contributed by atoms with Crippen molar-refractivity contribution in [3.8, 4) is 5.88 Å². The lowest BCUT2D eigenvalue weighted by Gasteiger charge is -2.13. The van der Waals surface area contributed by atoms with Crippen molar-refractivity contribution in [2.75, 3.05) is 13.1 Å². The van der Waals surface area contributed by atoms with Crippen LogP contribution in [0.25, 0.3) is 0 Å². The monoisotopic (exact) mass is 233 g/mol. The molecule has 0 spiro atoms. The Morgan fingerprint density at radius 3 is 2.82 bits per heavy atom. The van der Waals surface area contributed by atoms with Crippen molar-refractivity contribution in [3.05, 3.63) is 18.1 Å². The zero-order valence-corrected chi connectivity index (χ0v) is 10.1. The van der Waals surface area contributed by atoms with E-state index in [0.717, 1.165) is 25.2 Å². The largest absolute Gasteiger partial charge is 0.472 e. The first-order valence-corrected chi connectivity index (χ1v) is 6.61. The van der Waals surface area contributed by atoms with E-state index in [2.05, 4.69) is 15.3 Å². The van der Waals surface area contributed by atoms with Gasteiger partial charge >= 0.3 is 0 Å². The molecular formula is C13H19N3O. The molecule has 0 aromatic carbocycles. The molecule has 0 bridgehead atoms. The van der Waals surface area contributed by atoms with Crippen LogP contribution in [0.2, 0.25) is 0 Å². The first-order valence-electron chi connectivity index (χ1n) is 6.61. The van der Waals surface area contributed by atoms with E-state index < -0.39 is 0 Å². The van der Waals surface area contributed by atoms with Gasteiger partial charge in [-0.05, 0) is 25.8 Å². The van der Waals surface area contributed by atoms with Gasteiger partial charge in [0.2, 0.25) is 5.88 Å². The summed E-state index contributed by atoms with van der Waals surface area (Å²) in [7, 11) is 0. The van der Waals surface area contributed by atoms with Gasteiger partial charge in [0, 0.05) is 18.7 Å². The van der Waals surface area contributed by atoms with E-state index in [4.69, 9.17) is 4.74 Å². The average Bonchev–Trinajstić information content (AvgIpc) is 3.01. The molecule has 3 rings (SSSR count). The van der Waals surface area contributed by atoms with Crippen LogP contribution in [0.4, 0.5) is 0 Å². The number of rotatable bonds is 3. The van der Waals surface area contributed by atoms with E-state index in [1.54, 1.807) is 6.20 Å². The summed E-state index contributed by atoms with van der Waals surface area (Å²) >= 11 is 0. The second kappa shape index (κ2) is 5.00. The van der Waals surface area contributed by atoms with Crippen molar-refractivity contribution < 1.29 is 4.74 Å². The molecule has 1 unspecified atom stereocenters. The van der Waals surface area contributed by atoms with Crippen LogP contribution in [0, 0.1) is 0 Å². The normalized spacial score (nSPS) is 25.3. The third kappa shape index (κ3) is 2.57. The predicted molar refractivity (Wildman–Crippen MR) is 65.1 cm³/mol. The summed E-state index contributed by atoms with van der Waals surface area (Å²) in [6, 6.07) is 0. The molecule has 1 atom stereocenters. The Hall–Kier alpha value is -1.16. The molecule has 2 fully saturated rings. The van der Waals surface area contributed by atoms with Crippen LogP contribution in [-0.2, 0) is 0 Å². The molecule has 0 amide bonds. The molecule has 92 valence electrons. The lowest BCUT2D eigenvalue weighted by Crippen LogP contribution is -2.20. The highest BCUT2D eigenvalue weighted by atomic mass is 16.5. The smallest absolute Gasteiger partial charge is 0.232 e. The summed E-state index contributed by atoms with van der Waals surface area (Å²) in [5, 5.41) is 3.29. The molecule has 1 aliphatic carbocycles. The Morgan fingerprint density at radius 2 is 2.06 bits per heavy atom. The molecular weight excluding hydrogens is 214 g/mol. The molecule has 4 heteroatoms. The molecule has 4 nitrogen and oxygen atoms in total. The Labute approximate surface area is 102 Å². The zero-order valence-electron chi connectivity index (χ0n) is 10.1. The molecule has 0 radical (unpaired) electrons. The molecule has 1 aliphatic heterocycles. The SMILES string of the molecule is c1ncc(C2CCCC2)nc1OC1CCNC1. The van der Waals surface area contributed by atoms with Crippen molar-refractivity contribution in [1.29, 1.82) is 0 Å². The lowest BCUT2D eigenvalue weighted by molar-refractivity contribution is 0.212. The van der Waals surface area contributed by atoms with Crippen molar-refractivity contribution in [1.82, 2.24) is 15.3 Å². The number of hydrogen-bond acceptors (Lipinski definition) is 4. The fourth-order valence-corrected chi connectivity index (χ4v) is 2.74. The van der Waals surface area contributed by atoms with Gasteiger partial charge in [0.05, 0.1) is 11.9 Å². The second-order valence-corrected chi connectivity index (χ2v) is 5.00. The van der Waals surface area contributed by atoms with Crippen LogP contribution in [0.5, 0.6) is 5.88 Å². The summed E-state index contributed by atoms with van der Waals surface area (Å²) in [5.74, 6) is 1.30. The van der Waals surface area contributed by atoms with E-state index in [9.17, 15) is 0 Å². The molecule has 17 heavy (non-hydrogen) atoms. The predicted octanol–water partition coefficient (Wildman–Crippen LogP) is 1.87. The minimum absolute atomic E-state index is 0.267. The van der Waals surface area contributed by atoms with Gasteiger partial charge in [-0.2, -0.15) is 0 Å². The van der Waals surface area contributed by atoms with Gasteiger partial charge in [0.25, 0.3) is 0 Å². The summed E-state index contributed by atoms with van der Waals surface area (Å²) < 4.78 is 5.84. The zero-order chi connectivity index (χ0) is 11.5. The van der Waals surface area contributed by atoms with E-state index in [-0.39, 0.29) is 6.10 Å². The quantitative estimate of drug-likeness (QED) is 0.866. The van der Waals surface area contributed by atoms with Gasteiger partial charge in [0.15, 0.2) is 0 Å². The maximum atomic E-state index is 5.84. The number of aromatic nitrogens is 2. The van der Waals surface area contributed by atoms with Gasteiger partial charge in [-0.25, -0.2) is 4.98 Å². The van der Waals surface area contributed by atoms with E-state index in [1.807, 2.05) is 6.20 Å². The van der Waals surface area contributed by atoms with Crippen LogP contribution in [0.1, 0.15) is 43.7 Å². The number of hydrogen-bond donors (Lipinski definition) is 1. The maximum absolute atomic E-state index is 5.84. The summed E-state index contributed by atoms with van der Waals surface area (Å²) in [6.07, 6.45) is 10.1. The summed E-state index contributed by atoms with van der Waals surface area (Å²) in [4.78, 5) is 8.87. The standard InChI is InChI=1S/C13H19N3O/c1-2-4-10(3-1)12-8-15-9-13(16-12)17-11-5-6-14-7-11/h8-11,14H,1-7H2.